The van der Waals surface area contributed by atoms with Gasteiger partial charge in [-0.3, -0.25) is 0 Å². The monoisotopic (exact) mass is 223 g/mol. The van der Waals surface area contributed by atoms with Gasteiger partial charge in [0.25, 0.3) is 0 Å². The lowest BCUT2D eigenvalue weighted by Crippen LogP contribution is -2.04. The topological polar surface area (TPSA) is 63.3 Å². The van der Waals surface area contributed by atoms with E-state index in [2.05, 4.69) is 0 Å². The third kappa shape index (κ3) is 4.18. The molecule has 0 aliphatic carbocycles. The Bertz CT molecular complexity index is 349. The predicted octanol–water partition coefficient (Wildman–Crippen LogP) is 1.80. The van der Waals surface area contributed by atoms with E-state index < -0.39 is 5.97 Å². The third-order valence-electron chi connectivity index (χ3n) is 1.68. The SMILES string of the molecule is NCCS/C(=C/c1ccccc1)C(=O)O. The molecule has 80 valence electrons. The summed E-state index contributed by atoms with van der Waals surface area (Å²) in [7, 11) is 0. The molecule has 3 N–H and O–H groups in total. The molecule has 1 rings (SSSR count). The Kier molecular flexibility index (Phi) is 4.93. The van der Waals surface area contributed by atoms with Gasteiger partial charge in [0.05, 0.1) is 4.91 Å². The lowest BCUT2D eigenvalue weighted by atomic mass is 10.2. The summed E-state index contributed by atoms with van der Waals surface area (Å²) < 4.78 is 0. The molecule has 15 heavy (non-hydrogen) atoms. The van der Waals surface area contributed by atoms with Crippen LogP contribution >= 0.6 is 11.8 Å². The van der Waals surface area contributed by atoms with Crippen molar-refractivity contribution in [1.29, 1.82) is 0 Å². The van der Waals surface area contributed by atoms with E-state index in [1.165, 1.54) is 11.8 Å². The highest BCUT2D eigenvalue weighted by atomic mass is 32.2. The molecule has 0 saturated carbocycles. The van der Waals surface area contributed by atoms with Gasteiger partial charge >= 0.3 is 5.97 Å². The average molecular weight is 223 g/mol. The Hall–Kier alpha value is -1.26. The van der Waals surface area contributed by atoms with E-state index in [9.17, 15) is 4.79 Å². The molecule has 0 unspecified atom stereocenters. The molecule has 1 aromatic carbocycles. The normalized spacial score (nSPS) is 11.4. The summed E-state index contributed by atoms with van der Waals surface area (Å²) in [6.45, 7) is 0.476. The zero-order valence-corrected chi connectivity index (χ0v) is 9.04. The van der Waals surface area contributed by atoms with Gasteiger partial charge in [-0.1, -0.05) is 30.3 Å². The standard InChI is InChI=1S/C11H13NO2S/c12-6-7-15-10(11(13)14)8-9-4-2-1-3-5-9/h1-5,8H,6-7,12H2,(H,13,14)/b10-8+. The summed E-state index contributed by atoms with van der Waals surface area (Å²) in [6, 6.07) is 9.38. The van der Waals surface area contributed by atoms with Crippen LogP contribution < -0.4 is 5.73 Å². The lowest BCUT2D eigenvalue weighted by Gasteiger charge is -2.00. The van der Waals surface area contributed by atoms with Gasteiger partial charge in [0.2, 0.25) is 0 Å². The fraction of sp³-hybridized carbons (Fsp3) is 0.182. The zero-order valence-electron chi connectivity index (χ0n) is 8.22. The second-order valence-corrected chi connectivity index (χ2v) is 4.00. The van der Waals surface area contributed by atoms with Gasteiger partial charge in [0.15, 0.2) is 0 Å². The van der Waals surface area contributed by atoms with E-state index in [0.29, 0.717) is 17.2 Å². The first-order chi connectivity index (χ1) is 7.24. The summed E-state index contributed by atoms with van der Waals surface area (Å²) in [4.78, 5) is 11.2. The second kappa shape index (κ2) is 6.27. The Morgan fingerprint density at radius 3 is 2.60 bits per heavy atom. The van der Waals surface area contributed by atoms with Crippen LogP contribution in [0.5, 0.6) is 0 Å². The van der Waals surface area contributed by atoms with Crippen molar-refractivity contribution < 1.29 is 9.90 Å². The van der Waals surface area contributed by atoms with E-state index in [4.69, 9.17) is 10.8 Å². The largest absolute Gasteiger partial charge is 0.477 e. The summed E-state index contributed by atoms with van der Waals surface area (Å²) in [6.07, 6.45) is 1.66. The highest BCUT2D eigenvalue weighted by Gasteiger charge is 2.06. The van der Waals surface area contributed by atoms with Crippen LogP contribution in [-0.4, -0.2) is 23.4 Å². The predicted molar refractivity (Wildman–Crippen MR) is 63.6 cm³/mol. The number of carbonyl (C=O) groups is 1. The van der Waals surface area contributed by atoms with Crippen LogP contribution in [-0.2, 0) is 4.79 Å². The molecule has 4 heteroatoms. The van der Waals surface area contributed by atoms with Gasteiger partial charge in [0.1, 0.15) is 0 Å². The van der Waals surface area contributed by atoms with Gasteiger partial charge < -0.3 is 10.8 Å². The quantitative estimate of drug-likeness (QED) is 0.747. The van der Waals surface area contributed by atoms with E-state index in [1.807, 2.05) is 30.3 Å². The van der Waals surface area contributed by atoms with Gasteiger partial charge in [-0.25, -0.2) is 4.79 Å². The summed E-state index contributed by atoms with van der Waals surface area (Å²) in [5, 5.41) is 8.93. The summed E-state index contributed by atoms with van der Waals surface area (Å²) in [5.74, 6) is -0.289. The van der Waals surface area contributed by atoms with Crippen molar-refractivity contribution in [3.8, 4) is 0 Å². The molecule has 0 bridgehead atoms. The highest BCUT2D eigenvalue weighted by Crippen LogP contribution is 2.18. The molecule has 0 aliphatic rings. The van der Waals surface area contributed by atoms with Crippen molar-refractivity contribution in [2.75, 3.05) is 12.3 Å². The number of rotatable bonds is 5. The lowest BCUT2D eigenvalue weighted by molar-refractivity contribution is -0.131. The number of hydrogen-bond donors (Lipinski definition) is 2. The number of aliphatic carboxylic acids is 1. The van der Waals surface area contributed by atoms with Crippen LogP contribution in [0.2, 0.25) is 0 Å². The van der Waals surface area contributed by atoms with Crippen LogP contribution in [0.3, 0.4) is 0 Å². The van der Waals surface area contributed by atoms with Crippen molar-refractivity contribution in [1.82, 2.24) is 0 Å². The van der Waals surface area contributed by atoms with E-state index in [1.54, 1.807) is 6.08 Å². The van der Waals surface area contributed by atoms with Crippen molar-refractivity contribution >= 4 is 23.8 Å². The van der Waals surface area contributed by atoms with E-state index in [0.717, 1.165) is 5.56 Å². The van der Waals surface area contributed by atoms with Crippen molar-refractivity contribution in [2.45, 2.75) is 0 Å². The van der Waals surface area contributed by atoms with Gasteiger partial charge in [-0.2, -0.15) is 0 Å². The minimum atomic E-state index is -0.905. The molecule has 0 fully saturated rings. The second-order valence-electron chi connectivity index (χ2n) is 2.86. The van der Waals surface area contributed by atoms with Crippen molar-refractivity contribution in [3.05, 3.63) is 40.8 Å². The first-order valence-electron chi connectivity index (χ1n) is 4.57. The van der Waals surface area contributed by atoms with Crippen LogP contribution in [0, 0.1) is 0 Å². The maximum atomic E-state index is 10.9. The number of carboxylic acids is 1. The van der Waals surface area contributed by atoms with Crippen molar-refractivity contribution in [2.24, 2.45) is 5.73 Å². The van der Waals surface area contributed by atoms with E-state index >= 15 is 0 Å². The Morgan fingerprint density at radius 2 is 2.07 bits per heavy atom. The molecule has 0 amide bonds. The molecule has 0 aliphatic heterocycles. The first-order valence-corrected chi connectivity index (χ1v) is 5.55. The maximum absolute atomic E-state index is 10.9. The molecular weight excluding hydrogens is 210 g/mol. The third-order valence-corrected chi connectivity index (χ3v) is 2.73. The minimum absolute atomic E-state index is 0.326. The summed E-state index contributed by atoms with van der Waals surface area (Å²) >= 11 is 1.26. The number of nitrogens with two attached hydrogens (primary N) is 1. The fourth-order valence-electron chi connectivity index (χ4n) is 1.03. The maximum Gasteiger partial charge on any atom is 0.342 e. The average Bonchev–Trinajstić information content (AvgIpc) is 2.25. The molecule has 0 aromatic heterocycles. The van der Waals surface area contributed by atoms with Crippen LogP contribution in [0.4, 0.5) is 0 Å². The molecule has 0 radical (unpaired) electrons. The number of benzene rings is 1. The summed E-state index contributed by atoms with van der Waals surface area (Å²) in [5.41, 5.74) is 6.22. The fourth-order valence-corrected chi connectivity index (χ4v) is 1.72. The molecule has 3 nitrogen and oxygen atoms in total. The van der Waals surface area contributed by atoms with Gasteiger partial charge in [-0.05, 0) is 11.6 Å². The van der Waals surface area contributed by atoms with Crippen LogP contribution in [0.15, 0.2) is 35.2 Å². The number of hydrogen-bond acceptors (Lipinski definition) is 3. The Labute approximate surface area is 93.0 Å². The zero-order chi connectivity index (χ0) is 11.1. The van der Waals surface area contributed by atoms with Gasteiger partial charge in [-0.15, -0.1) is 11.8 Å². The smallest absolute Gasteiger partial charge is 0.342 e. The Morgan fingerprint density at radius 1 is 1.40 bits per heavy atom. The number of thioether (sulfide) groups is 1. The molecule has 0 spiro atoms. The molecule has 0 heterocycles. The molecule has 0 saturated heterocycles. The first kappa shape index (κ1) is 11.8. The molecular formula is C11H13NO2S. The highest BCUT2D eigenvalue weighted by molar-refractivity contribution is 8.04. The molecule has 1 aromatic rings. The minimum Gasteiger partial charge on any atom is -0.477 e. The van der Waals surface area contributed by atoms with Crippen molar-refractivity contribution in [3.63, 3.8) is 0 Å². The van der Waals surface area contributed by atoms with Crippen LogP contribution in [0.25, 0.3) is 6.08 Å². The van der Waals surface area contributed by atoms with E-state index in [-0.39, 0.29) is 0 Å². The van der Waals surface area contributed by atoms with Gasteiger partial charge in [0, 0.05) is 12.3 Å². The number of carboxylic acid groups (broad SMARTS) is 1. The van der Waals surface area contributed by atoms with Crippen LogP contribution in [0.1, 0.15) is 5.56 Å². The molecule has 0 atom stereocenters. The Balaban J connectivity index is 2.79.